The molecule has 0 spiro atoms. The molecule has 1 atom stereocenters. The van der Waals surface area contributed by atoms with Gasteiger partial charge in [-0.25, -0.2) is 0 Å². The number of rotatable bonds is 4. The molecule has 2 amide bonds. The zero-order chi connectivity index (χ0) is 16.8. The Hall–Kier alpha value is -1.63. The molecular formula is C18H27ClN4O2. The number of nitrogens with zero attached hydrogens (tertiary/aromatic N) is 2. The second-order valence-corrected chi connectivity index (χ2v) is 6.40. The Morgan fingerprint density at radius 1 is 1.08 bits per heavy atom. The summed E-state index contributed by atoms with van der Waals surface area (Å²) in [6, 6.07) is 10.2. The minimum absolute atomic E-state index is 0. The Balaban J connectivity index is 0.00000225. The van der Waals surface area contributed by atoms with E-state index in [9.17, 15) is 9.59 Å². The van der Waals surface area contributed by atoms with Crippen molar-refractivity contribution in [3.05, 3.63) is 35.9 Å². The molecule has 6 nitrogen and oxygen atoms in total. The monoisotopic (exact) mass is 366 g/mol. The predicted molar refractivity (Wildman–Crippen MR) is 99.7 cm³/mol. The summed E-state index contributed by atoms with van der Waals surface area (Å²) in [5, 5.41) is 6.21. The van der Waals surface area contributed by atoms with Gasteiger partial charge >= 0.3 is 0 Å². The maximum Gasteiger partial charge on any atom is 0.223 e. The van der Waals surface area contributed by atoms with Gasteiger partial charge in [0.1, 0.15) is 0 Å². The van der Waals surface area contributed by atoms with Crippen molar-refractivity contribution in [3.63, 3.8) is 0 Å². The summed E-state index contributed by atoms with van der Waals surface area (Å²) in [5.41, 5.74) is 1.14. The van der Waals surface area contributed by atoms with Crippen molar-refractivity contribution in [2.75, 3.05) is 45.8 Å². The smallest absolute Gasteiger partial charge is 0.223 e. The molecule has 0 bridgehead atoms. The molecule has 0 aromatic heterocycles. The molecule has 2 aliphatic rings. The SMILES string of the molecule is Cl.O=C1CC(c2ccccc2)N(CCC(=O)N2CCNCC2)CCN1. The number of carbonyl (C=O) groups is 2. The molecular weight excluding hydrogens is 340 g/mol. The number of piperazine rings is 1. The quantitative estimate of drug-likeness (QED) is 0.827. The molecule has 0 saturated carbocycles. The highest BCUT2D eigenvalue weighted by molar-refractivity contribution is 5.85. The number of carbonyl (C=O) groups excluding carboxylic acids is 2. The highest BCUT2D eigenvalue weighted by atomic mass is 35.5. The van der Waals surface area contributed by atoms with Crippen LogP contribution < -0.4 is 10.6 Å². The molecule has 1 unspecified atom stereocenters. The topological polar surface area (TPSA) is 64.7 Å². The van der Waals surface area contributed by atoms with Gasteiger partial charge in [0.15, 0.2) is 0 Å². The lowest BCUT2D eigenvalue weighted by molar-refractivity contribution is -0.132. The van der Waals surface area contributed by atoms with E-state index in [1.54, 1.807) is 0 Å². The summed E-state index contributed by atoms with van der Waals surface area (Å²) in [6.07, 6.45) is 0.962. The zero-order valence-electron chi connectivity index (χ0n) is 14.4. The summed E-state index contributed by atoms with van der Waals surface area (Å²) in [4.78, 5) is 28.6. The van der Waals surface area contributed by atoms with Crippen LogP contribution in [-0.4, -0.2) is 67.4 Å². The Kier molecular flexibility index (Phi) is 7.68. The molecule has 0 aliphatic carbocycles. The minimum Gasteiger partial charge on any atom is -0.355 e. The van der Waals surface area contributed by atoms with Gasteiger partial charge in [0, 0.05) is 64.7 Å². The molecule has 1 aromatic carbocycles. The Morgan fingerprint density at radius 3 is 2.52 bits per heavy atom. The van der Waals surface area contributed by atoms with E-state index in [4.69, 9.17) is 0 Å². The third-order valence-corrected chi connectivity index (χ3v) is 4.81. The van der Waals surface area contributed by atoms with Crippen LogP contribution in [0.3, 0.4) is 0 Å². The van der Waals surface area contributed by atoms with Crippen molar-refractivity contribution < 1.29 is 9.59 Å². The maximum atomic E-state index is 12.4. The van der Waals surface area contributed by atoms with E-state index in [1.807, 2.05) is 23.1 Å². The van der Waals surface area contributed by atoms with Crippen molar-refractivity contribution in [2.24, 2.45) is 0 Å². The summed E-state index contributed by atoms with van der Waals surface area (Å²) in [6.45, 7) is 5.45. The van der Waals surface area contributed by atoms with Gasteiger partial charge in [-0.15, -0.1) is 12.4 Å². The van der Waals surface area contributed by atoms with Gasteiger partial charge in [-0.3, -0.25) is 14.5 Å². The van der Waals surface area contributed by atoms with Crippen LogP contribution in [0.1, 0.15) is 24.4 Å². The van der Waals surface area contributed by atoms with Crippen LogP contribution in [0.15, 0.2) is 30.3 Å². The second-order valence-electron chi connectivity index (χ2n) is 6.40. The minimum atomic E-state index is 0. The van der Waals surface area contributed by atoms with E-state index < -0.39 is 0 Å². The van der Waals surface area contributed by atoms with Gasteiger partial charge in [-0.1, -0.05) is 30.3 Å². The Bertz CT molecular complexity index is 563. The van der Waals surface area contributed by atoms with Crippen molar-refractivity contribution in [2.45, 2.75) is 18.9 Å². The average Bonchev–Trinajstić information content (AvgIpc) is 2.82. The van der Waals surface area contributed by atoms with Crippen LogP contribution in [0, 0.1) is 0 Å². The second kappa shape index (κ2) is 9.75. The van der Waals surface area contributed by atoms with Gasteiger partial charge in [0.25, 0.3) is 0 Å². The Morgan fingerprint density at radius 2 is 1.80 bits per heavy atom. The van der Waals surface area contributed by atoms with Gasteiger partial charge in [-0.2, -0.15) is 0 Å². The first-order valence-electron chi connectivity index (χ1n) is 8.78. The van der Waals surface area contributed by atoms with Gasteiger partial charge < -0.3 is 15.5 Å². The van der Waals surface area contributed by atoms with E-state index in [2.05, 4.69) is 27.7 Å². The molecule has 1 aromatic rings. The number of nitrogens with one attached hydrogen (secondary N) is 2. The average molecular weight is 367 g/mol. The lowest BCUT2D eigenvalue weighted by atomic mass is 10.0. The molecule has 0 radical (unpaired) electrons. The summed E-state index contributed by atoms with van der Waals surface area (Å²) < 4.78 is 0. The highest BCUT2D eigenvalue weighted by Crippen LogP contribution is 2.25. The maximum absolute atomic E-state index is 12.4. The summed E-state index contributed by atoms with van der Waals surface area (Å²) in [5.74, 6) is 0.298. The normalized spacial score (nSPS) is 21.8. The fourth-order valence-corrected chi connectivity index (χ4v) is 3.45. The van der Waals surface area contributed by atoms with Crippen LogP contribution >= 0.6 is 12.4 Å². The van der Waals surface area contributed by atoms with Gasteiger partial charge in [0.05, 0.1) is 0 Å². The Labute approximate surface area is 155 Å². The molecule has 2 saturated heterocycles. The van der Waals surface area contributed by atoms with E-state index in [1.165, 1.54) is 0 Å². The standard InChI is InChI=1S/C18H26N4O2.ClH/c23-17-14-16(15-4-2-1-3-5-15)21(13-9-20-17)10-6-18(24)22-11-7-19-8-12-22;/h1-5,16,19H,6-14H2,(H,20,23);1H. The molecule has 2 N–H and O–H groups in total. The first-order valence-corrected chi connectivity index (χ1v) is 8.78. The molecule has 138 valence electrons. The number of benzene rings is 1. The number of hydrogen-bond acceptors (Lipinski definition) is 4. The molecule has 2 aliphatic heterocycles. The van der Waals surface area contributed by atoms with Crippen LogP contribution in [0.25, 0.3) is 0 Å². The van der Waals surface area contributed by atoms with Gasteiger partial charge in [0.2, 0.25) is 11.8 Å². The van der Waals surface area contributed by atoms with Crippen LogP contribution in [0.4, 0.5) is 0 Å². The third kappa shape index (κ3) is 5.42. The van der Waals surface area contributed by atoms with E-state index >= 15 is 0 Å². The van der Waals surface area contributed by atoms with Crippen LogP contribution in [0.2, 0.25) is 0 Å². The zero-order valence-corrected chi connectivity index (χ0v) is 15.3. The van der Waals surface area contributed by atoms with Gasteiger partial charge in [-0.05, 0) is 5.56 Å². The fraction of sp³-hybridized carbons (Fsp3) is 0.556. The first-order chi connectivity index (χ1) is 11.7. The summed E-state index contributed by atoms with van der Waals surface area (Å²) in [7, 11) is 0. The van der Waals surface area contributed by atoms with E-state index in [0.717, 1.165) is 38.3 Å². The van der Waals surface area contributed by atoms with E-state index in [-0.39, 0.29) is 30.3 Å². The van der Waals surface area contributed by atoms with Crippen molar-refractivity contribution in [1.82, 2.24) is 20.4 Å². The summed E-state index contributed by atoms with van der Waals surface area (Å²) >= 11 is 0. The lowest BCUT2D eigenvalue weighted by Gasteiger charge is -2.31. The number of halogens is 1. The fourth-order valence-electron chi connectivity index (χ4n) is 3.45. The van der Waals surface area contributed by atoms with E-state index in [0.29, 0.717) is 25.9 Å². The van der Waals surface area contributed by atoms with Crippen LogP contribution in [-0.2, 0) is 9.59 Å². The van der Waals surface area contributed by atoms with Crippen LogP contribution in [0.5, 0.6) is 0 Å². The number of amides is 2. The van der Waals surface area contributed by atoms with Crippen molar-refractivity contribution in [3.8, 4) is 0 Å². The van der Waals surface area contributed by atoms with Crippen molar-refractivity contribution >= 4 is 24.2 Å². The third-order valence-electron chi connectivity index (χ3n) is 4.81. The molecule has 2 heterocycles. The first kappa shape index (κ1) is 19.7. The molecule has 2 fully saturated rings. The number of hydrogen-bond donors (Lipinski definition) is 2. The predicted octanol–water partition coefficient (Wildman–Crippen LogP) is 0.793. The lowest BCUT2D eigenvalue weighted by Crippen LogP contribution is -2.47. The van der Waals surface area contributed by atoms with Crippen molar-refractivity contribution in [1.29, 1.82) is 0 Å². The molecule has 7 heteroatoms. The molecule has 3 rings (SSSR count). The largest absolute Gasteiger partial charge is 0.355 e. The molecule has 25 heavy (non-hydrogen) atoms. The highest BCUT2D eigenvalue weighted by Gasteiger charge is 2.27.